The average Bonchev–Trinajstić information content (AvgIpc) is 3.37. The molecule has 1 saturated carbocycles. The third-order valence-corrected chi connectivity index (χ3v) is 5.34. The molecule has 0 spiro atoms. The Labute approximate surface area is 147 Å². The number of benzene rings is 1. The molecular formula is C20H24N4O. The second-order valence-corrected chi connectivity index (χ2v) is 7.21. The van der Waals surface area contributed by atoms with Crippen LogP contribution in [0.5, 0.6) is 0 Å². The maximum absolute atomic E-state index is 12.2. The van der Waals surface area contributed by atoms with Crippen molar-refractivity contribution in [2.75, 3.05) is 0 Å². The van der Waals surface area contributed by atoms with Gasteiger partial charge in [0.05, 0.1) is 5.52 Å². The fraction of sp³-hybridized carbons (Fsp3) is 0.450. The molecule has 0 bridgehead atoms. The highest BCUT2D eigenvalue weighted by atomic mass is 16.1. The molecule has 0 unspecified atom stereocenters. The Morgan fingerprint density at radius 1 is 1.32 bits per heavy atom. The highest BCUT2D eigenvalue weighted by Gasteiger charge is 2.28. The second kappa shape index (κ2) is 6.14. The minimum absolute atomic E-state index is 0.129. The molecule has 1 aromatic carbocycles. The molecule has 2 heterocycles. The van der Waals surface area contributed by atoms with Crippen LogP contribution >= 0.6 is 0 Å². The van der Waals surface area contributed by atoms with Crippen LogP contribution in [0.25, 0.3) is 16.6 Å². The van der Waals surface area contributed by atoms with E-state index < -0.39 is 0 Å². The molecule has 5 nitrogen and oxygen atoms in total. The fourth-order valence-corrected chi connectivity index (χ4v) is 3.62. The molecule has 130 valence electrons. The van der Waals surface area contributed by atoms with Gasteiger partial charge in [-0.15, -0.1) is 0 Å². The van der Waals surface area contributed by atoms with Gasteiger partial charge in [0.25, 0.3) is 0 Å². The first-order valence-corrected chi connectivity index (χ1v) is 9.07. The molecule has 5 heteroatoms. The van der Waals surface area contributed by atoms with Crippen LogP contribution in [-0.4, -0.2) is 26.5 Å². The summed E-state index contributed by atoms with van der Waals surface area (Å²) in [5.41, 5.74) is 5.02. The van der Waals surface area contributed by atoms with Gasteiger partial charge in [0.15, 0.2) is 5.65 Å². The van der Waals surface area contributed by atoms with Crippen LogP contribution in [0.3, 0.4) is 0 Å². The number of rotatable bonds is 5. The van der Waals surface area contributed by atoms with E-state index in [1.165, 1.54) is 12.8 Å². The molecule has 1 fully saturated rings. The second-order valence-electron chi connectivity index (χ2n) is 7.21. The van der Waals surface area contributed by atoms with Crippen molar-refractivity contribution in [3.05, 3.63) is 41.2 Å². The Morgan fingerprint density at radius 2 is 2.08 bits per heavy atom. The zero-order valence-electron chi connectivity index (χ0n) is 15.0. The lowest BCUT2D eigenvalue weighted by Crippen LogP contribution is -2.34. The Morgan fingerprint density at radius 3 is 2.84 bits per heavy atom. The molecule has 2 aromatic heterocycles. The van der Waals surface area contributed by atoms with E-state index in [0.29, 0.717) is 24.8 Å². The van der Waals surface area contributed by atoms with E-state index in [9.17, 15) is 4.79 Å². The third kappa shape index (κ3) is 2.99. The largest absolute Gasteiger partial charge is 0.353 e. The van der Waals surface area contributed by atoms with Gasteiger partial charge >= 0.3 is 0 Å². The Kier molecular flexibility index (Phi) is 3.94. The number of carbonyl (C=O) groups is 1. The van der Waals surface area contributed by atoms with Crippen LogP contribution in [-0.2, 0) is 11.2 Å². The average molecular weight is 336 g/mol. The number of fused-ring (bicyclic) bond motifs is 3. The van der Waals surface area contributed by atoms with E-state index in [0.717, 1.165) is 33.5 Å². The molecule has 1 amide bonds. The van der Waals surface area contributed by atoms with E-state index in [1.807, 2.05) is 29.6 Å². The minimum atomic E-state index is 0.129. The molecule has 3 aromatic rings. The summed E-state index contributed by atoms with van der Waals surface area (Å²) >= 11 is 0. The predicted octanol–water partition coefficient (Wildman–Crippen LogP) is 3.35. The minimum Gasteiger partial charge on any atom is -0.353 e. The highest BCUT2D eigenvalue weighted by molar-refractivity contribution is 5.92. The molecule has 0 saturated heterocycles. The lowest BCUT2D eigenvalue weighted by molar-refractivity contribution is -0.121. The van der Waals surface area contributed by atoms with E-state index in [2.05, 4.69) is 30.3 Å². The first kappa shape index (κ1) is 16.1. The Balaban J connectivity index is 1.58. The molecule has 1 aliphatic rings. The number of hydrogen-bond acceptors (Lipinski definition) is 3. The molecule has 4 rings (SSSR count). The van der Waals surface area contributed by atoms with Crippen LogP contribution in [0.15, 0.2) is 24.3 Å². The van der Waals surface area contributed by atoms with Gasteiger partial charge in [-0.05, 0) is 63.6 Å². The van der Waals surface area contributed by atoms with Gasteiger partial charge in [-0.3, -0.25) is 4.79 Å². The summed E-state index contributed by atoms with van der Waals surface area (Å²) in [5, 5.41) is 8.87. The van der Waals surface area contributed by atoms with Gasteiger partial charge in [-0.25, -0.2) is 9.50 Å². The van der Waals surface area contributed by atoms with Crippen molar-refractivity contribution < 1.29 is 4.79 Å². The predicted molar refractivity (Wildman–Crippen MR) is 98.6 cm³/mol. The molecular weight excluding hydrogens is 312 g/mol. The smallest absolute Gasteiger partial charge is 0.220 e. The summed E-state index contributed by atoms with van der Waals surface area (Å²) in [6, 6.07) is 8.35. The lowest BCUT2D eigenvalue weighted by atomic mass is 10.1. The number of aromatic nitrogens is 3. The van der Waals surface area contributed by atoms with Crippen molar-refractivity contribution in [3.8, 4) is 0 Å². The molecule has 0 radical (unpaired) electrons. The molecule has 1 N–H and O–H groups in total. The standard InChI is InChI=1S/C20H24N4O/c1-12(15-8-9-15)21-19(25)11-10-16-13(2)22-20-17-6-4-5-7-18(17)23-24(20)14(16)3/h4-7,12,15H,8-11H2,1-3H3,(H,21,25)/t12-/m1/s1. The maximum Gasteiger partial charge on any atom is 0.220 e. The van der Waals surface area contributed by atoms with E-state index in [4.69, 9.17) is 4.98 Å². The first-order valence-electron chi connectivity index (χ1n) is 9.07. The van der Waals surface area contributed by atoms with Crippen molar-refractivity contribution in [1.82, 2.24) is 19.9 Å². The Hall–Kier alpha value is -2.43. The fourth-order valence-electron chi connectivity index (χ4n) is 3.62. The molecule has 0 aliphatic heterocycles. The van der Waals surface area contributed by atoms with Crippen LogP contribution in [0.4, 0.5) is 0 Å². The summed E-state index contributed by atoms with van der Waals surface area (Å²) in [6.45, 7) is 6.19. The quantitative estimate of drug-likeness (QED) is 0.777. The summed E-state index contributed by atoms with van der Waals surface area (Å²) in [7, 11) is 0. The number of nitrogens with one attached hydrogen (secondary N) is 1. The summed E-state index contributed by atoms with van der Waals surface area (Å²) in [4.78, 5) is 17.0. The third-order valence-electron chi connectivity index (χ3n) is 5.34. The maximum atomic E-state index is 12.2. The zero-order chi connectivity index (χ0) is 17.6. The van der Waals surface area contributed by atoms with Crippen molar-refractivity contribution in [1.29, 1.82) is 0 Å². The number of aryl methyl sites for hydroxylation is 2. The van der Waals surface area contributed by atoms with Gasteiger partial charge in [-0.1, -0.05) is 12.1 Å². The normalized spacial score (nSPS) is 15.6. The Bertz CT molecular complexity index is 955. The van der Waals surface area contributed by atoms with Gasteiger partial charge in [0, 0.05) is 29.2 Å². The number of amides is 1. The van der Waals surface area contributed by atoms with Crippen molar-refractivity contribution >= 4 is 22.5 Å². The summed E-state index contributed by atoms with van der Waals surface area (Å²) in [6.07, 6.45) is 3.67. The summed E-state index contributed by atoms with van der Waals surface area (Å²) in [5.74, 6) is 0.811. The van der Waals surface area contributed by atoms with Crippen molar-refractivity contribution in [3.63, 3.8) is 0 Å². The van der Waals surface area contributed by atoms with E-state index in [1.54, 1.807) is 0 Å². The molecule has 1 atom stereocenters. The van der Waals surface area contributed by atoms with Crippen molar-refractivity contribution in [2.45, 2.75) is 52.5 Å². The van der Waals surface area contributed by atoms with Gasteiger partial charge < -0.3 is 5.32 Å². The van der Waals surface area contributed by atoms with Crippen LogP contribution in [0, 0.1) is 19.8 Å². The number of nitrogens with zero attached hydrogens (tertiary/aromatic N) is 3. The number of carbonyl (C=O) groups excluding carboxylic acids is 1. The van der Waals surface area contributed by atoms with Crippen LogP contribution < -0.4 is 5.32 Å². The highest BCUT2D eigenvalue weighted by Crippen LogP contribution is 2.32. The molecule has 1 aliphatic carbocycles. The topological polar surface area (TPSA) is 59.3 Å². The zero-order valence-corrected chi connectivity index (χ0v) is 15.0. The summed E-state index contributed by atoms with van der Waals surface area (Å²) < 4.78 is 1.91. The monoisotopic (exact) mass is 336 g/mol. The lowest BCUT2D eigenvalue weighted by Gasteiger charge is -2.14. The van der Waals surface area contributed by atoms with Crippen LogP contribution in [0.2, 0.25) is 0 Å². The van der Waals surface area contributed by atoms with E-state index in [-0.39, 0.29) is 5.91 Å². The van der Waals surface area contributed by atoms with E-state index >= 15 is 0 Å². The van der Waals surface area contributed by atoms with Crippen molar-refractivity contribution in [2.24, 2.45) is 5.92 Å². The van der Waals surface area contributed by atoms with Gasteiger partial charge in [0.1, 0.15) is 0 Å². The van der Waals surface area contributed by atoms with Gasteiger partial charge in [-0.2, -0.15) is 5.10 Å². The van der Waals surface area contributed by atoms with Crippen LogP contribution in [0.1, 0.15) is 43.1 Å². The molecule has 25 heavy (non-hydrogen) atoms. The first-order chi connectivity index (χ1) is 12.0. The number of hydrogen-bond donors (Lipinski definition) is 1. The SMILES string of the molecule is Cc1nc2c3ccccc3nn2c(C)c1CCC(=O)N[C@H](C)C1CC1. The van der Waals surface area contributed by atoms with Gasteiger partial charge in [0.2, 0.25) is 5.91 Å².